The number of rotatable bonds is 3. The predicted octanol–water partition coefficient (Wildman–Crippen LogP) is 1.31. The molecule has 5 nitrogen and oxygen atoms in total. The molecule has 2 rings (SSSR count). The van der Waals surface area contributed by atoms with Crippen LogP contribution in [0.4, 0.5) is 4.79 Å². The number of hydrogen-bond acceptors (Lipinski definition) is 3. The summed E-state index contributed by atoms with van der Waals surface area (Å²) in [7, 11) is 0. The van der Waals surface area contributed by atoms with Gasteiger partial charge in [-0.1, -0.05) is 29.8 Å². The Bertz CT molecular complexity index is 507. The number of aryl methyl sites for hydroxylation is 1. The quantitative estimate of drug-likeness (QED) is 0.596. The van der Waals surface area contributed by atoms with Gasteiger partial charge >= 0.3 is 17.8 Å². The summed E-state index contributed by atoms with van der Waals surface area (Å²) in [5.41, 5.74) is 1.93. The summed E-state index contributed by atoms with van der Waals surface area (Å²) >= 11 is 0. The summed E-state index contributed by atoms with van der Waals surface area (Å²) < 4.78 is 0. The number of hydrogen-bond donors (Lipinski definition) is 0. The molecule has 1 saturated heterocycles. The van der Waals surface area contributed by atoms with Gasteiger partial charge in [0.2, 0.25) is 0 Å². The first-order valence-corrected chi connectivity index (χ1v) is 5.77. The van der Waals surface area contributed by atoms with Crippen molar-refractivity contribution in [2.45, 2.75) is 20.4 Å². The highest BCUT2D eigenvalue weighted by atomic mass is 16.2. The second-order valence-corrected chi connectivity index (χ2v) is 4.21. The monoisotopic (exact) mass is 246 g/mol. The molecule has 1 fully saturated rings. The zero-order valence-electron chi connectivity index (χ0n) is 10.3. The van der Waals surface area contributed by atoms with Crippen molar-refractivity contribution in [2.75, 3.05) is 6.54 Å². The highest BCUT2D eigenvalue weighted by molar-refractivity contribution is 6.44. The summed E-state index contributed by atoms with van der Waals surface area (Å²) in [4.78, 5) is 37.0. The van der Waals surface area contributed by atoms with E-state index in [1.165, 1.54) is 0 Å². The minimum Gasteiger partial charge on any atom is -0.263 e. The molecule has 4 amide bonds. The van der Waals surface area contributed by atoms with Crippen LogP contribution in [-0.4, -0.2) is 34.2 Å². The fraction of sp³-hybridized carbons (Fsp3) is 0.308. The van der Waals surface area contributed by atoms with E-state index in [-0.39, 0.29) is 13.1 Å². The number of imide groups is 2. The Balaban J connectivity index is 2.19. The lowest BCUT2D eigenvalue weighted by Crippen LogP contribution is -2.32. The van der Waals surface area contributed by atoms with Crippen molar-refractivity contribution in [1.29, 1.82) is 0 Å². The lowest BCUT2D eigenvalue weighted by atomic mass is 10.1. The van der Waals surface area contributed by atoms with E-state index in [1.807, 2.05) is 31.2 Å². The first-order chi connectivity index (χ1) is 8.54. The van der Waals surface area contributed by atoms with E-state index in [0.717, 1.165) is 20.9 Å². The molecule has 0 spiro atoms. The molecule has 1 aliphatic rings. The van der Waals surface area contributed by atoms with E-state index in [9.17, 15) is 14.4 Å². The van der Waals surface area contributed by atoms with Crippen molar-refractivity contribution < 1.29 is 14.4 Å². The second kappa shape index (κ2) is 4.60. The Morgan fingerprint density at radius 2 is 1.50 bits per heavy atom. The molecule has 18 heavy (non-hydrogen) atoms. The van der Waals surface area contributed by atoms with Crippen molar-refractivity contribution in [1.82, 2.24) is 9.80 Å². The van der Waals surface area contributed by atoms with Crippen LogP contribution in [0.1, 0.15) is 18.1 Å². The average Bonchev–Trinajstić information content (AvgIpc) is 2.56. The first kappa shape index (κ1) is 12.3. The topological polar surface area (TPSA) is 57.7 Å². The van der Waals surface area contributed by atoms with E-state index < -0.39 is 17.8 Å². The maximum atomic E-state index is 11.8. The largest absolute Gasteiger partial charge is 0.334 e. The molecule has 5 heteroatoms. The van der Waals surface area contributed by atoms with Crippen LogP contribution in [0.2, 0.25) is 0 Å². The highest BCUT2D eigenvalue weighted by Crippen LogP contribution is 2.15. The van der Waals surface area contributed by atoms with Gasteiger partial charge in [0.05, 0.1) is 6.54 Å². The summed E-state index contributed by atoms with van der Waals surface area (Å²) in [6, 6.07) is 6.96. The predicted molar refractivity (Wildman–Crippen MR) is 64.5 cm³/mol. The molecule has 0 N–H and O–H groups in total. The number of benzene rings is 1. The number of nitrogens with zero attached hydrogens (tertiary/aromatic N) is 2. The van der Waals surface area contributed by atoms with Gasteiger partial charge in [0, 0.05) is 6.54 Å². The van der Waals surface area contributed by atoms with Crippen LogP contribution >= 0.6 is 0 Å². The molecular formula is C13H14N2O3. The third-order valence-corrected chi connectivity index (χ3v) is 2.91. The fourth-order valence-electron chi connectivity index (χ4n) is 1.84. The molecule has 1 aromatic carbocycles. The van der Waals surface area contributed by atoms with Crippen molar-refractivity contribution in [2.24, 2.45) is 0 Å². The van der Waals surface area contributed by atoms with Gasteiger partial charge in [-0.2, -0.15) is 0 Å². The molecule has 0 unspecified atom stereocenters. The molecule has 1 aliphatic heterocycles. The van der Waals surface area contributed by atoms with Gasteiger partial charge in [0.15, 0.2) is 0 Å². The molecule has 0 bridgehead atoms. The number of amides is 4. The molecular weight excluding hydrogens is 232 g/mol. The second-order valence-electron chi connectivity index (χ2n) is 4.21. The number of carbonyl (C=O) groups excluding carboxylic acids is 3. The van der Waals surface area contributed by atoms with Crippen LogP contribution in [-0.2, 0) is 16.1 Å². The molecule has 94 valence electrons. The molecule has 0 atom stereocenters. The lowest BCUT2D eigenvalue weighted by molar-refractivity contribution is -0.143. The Labute approximate surface area is 105 Å². The van der Waals surface area contributed by atoms with Crippen LogP contribution in [0.5, 0.6) is 0 Å². The standard InChI is InChI=1S/C13H14N2O3/c1-3-14-11(16)12(17)15(13(14)18)8-10-6-4-9(2)5-7-10/h4-7H,3,8H2,1-2H3. The number of likely N-dealkylation sites (N-methyl/N-ethyl adjacent to an activating group) is 1. The Kier molecular flexibility index (Phi) is 3.14. The maximum absolute atomic E-state index is 11.8. The zero-order valence-corrected chi connectivity index (χ0v) is 10.3. The Morgan fingerprint density at radius 3 is 2.00 bits per heavy atom. The van der Waals surface area contributed by atoms with Gasteiger partial charge in [-0.15, -0.1) is 0 Å². The van der Waals surface area contributed by atoms with Gasteiger partial charge in [0.1, 0.15) is 0 Å². The van der Waals surface area contributed by atoms with Gasteiger partial charge in [0.25, 0.3) is 0 Å². The summed E-state index contributed by atoms with van der Waals surface area (Å²) in [6.45, 7) is 3.98. The molecule has 1 aromatic rings. The van der Waals surface area contributed by atoms with Gasteiger partial charge < -0.3 is 0 Å². The minimum atomic E-state index is -0.748. The SMILES string of the molecule is CCN1C(=O)C(=O)N(Cc2ccc(C)cc2)C1=O. The van der Waals surface area contributed by atoms with E-state index >= 15 is 0 Å². The van der Waals surface area contributed by atoms with Crippen molar-refractivity contribution in [3.05, 3.63) is 35.4 Å². The molecule has 0 radical (unpaired) electrons. The van der Waals surface area contributed by atoms with Crippen LogP contribution in [0, 0.1) is 6.92 Å². The summed E-state index contributed by atoms with van der Waals surface area (Å²) in [5.74, 6) is -1.49. The van der Waals surface area contributed by atoms with Gasteiger partial charge in [-0.05, 0) is 19.4 Å². The maximum Gasteiger partial charge on any atom is 0.334 e. The van der Waals surface area contributed by atoms with E-state index in [0.29, 0.717) is 0 Å². The molecule has 1 heterocycles. The minimum absolute atomic E-state index is 0.139. The van der Waals surface area contributed by atoms with Gasteiger partial charge in [-0.25, -0.2) is 4.79 Å². The average molecular weight is 246 g/mol. The van der Waals surface area contributed by atoms with E-state index in [1.54, 1.807) is 6.92 Å². The summed E-state index contributed by atoms with van der Waals surface area (Å²) in [5, 5.41) is 0. The third-order valence-electron chi connectivity index (χ3n) is 2.91. The van der Waals surface area contributed by atoms with E-state index in [2.05, 4.69) is 0 Å². The van der Waals surface area contributed by atoms with Crippen LogP contribution < -0.4 is 0 Å². The molecule has 0 aromatic heterocycles. The Hall–Kier alpha value is -2.17. The zero-order chi connectivity index (χ0) is 13.3. The van der Waals surface area contributed by atoms with Gasteiger partial charge in [-0.3, -0.25) is 19.4 Å². The van der Waals surface area contributed by atoms with Crippen LogP contribution in [0.15, 0.2) is 24.3 Å². The smallest absolute Gasteiger partial charge is 0.263 e. The third kappa shape index (κ3) is 1.99. The van der Waals surface area contributed by atoms with Crippen LogP contribution in [0.3, 0.4) is 0 Å². The normalized spacial score (nSPS) is 15.8. The van der Waals surface area contributed by atoms with E-state index in [4.69, 9.17) is 0 Å². The first-order valence-electron chi connectivity index (χ1n) is 5.77. The van der Waals surface area contributed by atoms with Crippen molar-refractivity contribution in [3.63, 3.8) is 0 Å². The highest BCUT2D eigenvalue weighted by Gasteiger charge is 2.43. The summed E-state index contributed by atoms with van der Waals surface area (Å²) in [6.07, 6.45) is 0. The lowest BCUT2D eigenvalue weighted by Gasteiger charge is -2.14. The van der Waals surface area contributed by atoms with Crippen LogP contribution in [0.25, 0.3) is 0 Å². The van der Waals surface area contributed by atoms with Crippen molar-refractivity contribution in [3.8, 4) is 0 Å². The Morgan fingerprint density at radius 1 is 0.944 bits per heavy atom. The fourth-order valence-corrected chi connectivity index (χ4v) is 1.84. The molecule has 0 aliphatic carbocycles. The number of urea groups is 1. The van der Waals surface area contributed by atoms with Crippen molar-refractivity contribution >= 4 is 17.8 Å². The molecule has 0 saturated carbocycles. The number of carbonyl (C=O) groups is 3.